The van der Waals surface area contributed by atoms with E-state index in [1.165, 1.54) is 5.01 Å². The largest absolute Gasteiger partial charge is 0.395 e. The number of nitrogens with zero attached hydrogens (tertiary/aromatic N) is 4. The molecule has 9 heteroatoms. The highest BCUT2D eigenvalue weighted by molar-refractivity contribution is 6.09. The molecule has 0 aromatic heterocycles. The van der Waals surface area contributed by atoms with Gasteiger partial charge in [-0.05, 0) is 34.9 Å². The lowest BCUT2D eigenvalue weighted by Crippen LogP contribution is -2.44. The zero-order valence-electron chi connectivity index (χ0n) is 27.5. The topological polar surface area (TPSA) is 114 Å². The van der Waals surface area contributed by atoms with Gasteiger partial charge in [-0.25, -0.2) is 5.01 Å². The van der Waals surface area contributed by atoms with Crippen LogP contribution in [0.4, 0.5) is 11.4 Å². The molecule has 0 radical (unpaired) electrons. The maximum absolute atomic E-state index is 14.0. The van der Waals surface area contributed by atoms with Gasteiger partial charge in [-0.1, -0.05) is 110 Å². The van der Waals surface area contributed by atoms with Crippen LogP contribution in [0.1, 0.15) is 48.4 Å². The number of anilines is 2. The minimum Gasteiger partial charge on any atom is -0.395 e. The molecule has 0 saturated heterocycles. The summed E-state index contributed by atoms with van der Waals surface area (Å²) in [4.78, 5) is 43.1. The van der Waals surface area contributed by atoms with Crippen molar-refractivity contribution in [1.82, 2.24) is 4.90 Å². The number of aliphatic hydroxyl groups excluding tert-OH is 1. The Kier molecular flexibility index (Phi) is 10.1. The number of carbonyl (C=O) groups excluding carboxylic acids is 3. The van der Waals surface area contributed by atoms with Crippen LogP contribution < -0.4 is 9.91 Å². The first-order chi connectivity index (χ1) is 23.8. The molecule has 0 saturated carbocycles. The molecule has 2 aliphatic rings. The molecule has 49 heavy (non-hydrogen) atoms. The predicted octanol–water partition coefficient (Wildman–Crippen LogP) is 5.56. The summed E-state index contributed by atoms with van der Waals surface area (Å²) in [6.45, 7) is 2.42. The number of carbonyl (C=O) groups is 3. The number of hydrogen-bond acceptors (Lipinski definition) is 6. The quantitative estimate of drug-likeness (QED) is 0.194. The first kappa shape index (κ1) is 33.5. The average Bonchev–Trinajstić information content (AvgIpc) is 3.35. The molecule has 0 bridgehead atoms. The second kappa shape index (κ2) is 14.8. The highest BCUT2D eigenvalue weighted by Crippen LogP contribution is 2.45. The number of benzene rings is 4. The van der Waals surface area contributed by atoms with Crippen molar-refractivity contribution in [2.45, 2.75) is 44.9 Å². The summed E-state index contributed by atoms with van der Waals surface area (Å²) in [5, 5.41) is 27.6. The lowest BCUT2D eigenvalue weighted by Gasteiger charge is -2.28. The van der Waals surface area contributed by atoms with Gasteiger partial charge in [-0.15, -0.1) is 0 Å². The Labute approximate surface area is 286 Å². The lowest BCUT2D eigenvalue weighted by molar-refractivity contribution is -0.139. The van der Waals surface area contributed by atoms with E-state index in [4.69, 9.17) is 0 Å². The molecule has 2 atom stereocenters. The zero-order chi connectivity index (χ0) is 34.4. The van der Waals surface area contributed by atoms with E-state index in [0.29, 0.717) is 36.3 Å². The van der Waals surface area contributed by atoms with Crippen molar-refractivity contribution in [3.05, 3.63) is 144 Å². The van der Waals surface area contributed by atoms with E-state index in [-0.39, 0.29) is 37.9 Å². The molecule has 2 N–H and O–H groups in total. The van der Waals surface area contributed by atoms with Crippen LogP contribution in [0.15, 0.2) is 126 Å². The predicted molar refractivity (Wildman–Crippen MR) is 190 cm³/mol. The van der Waals surface area contributed by atoms with E-state index < -0.39 is 17.4 Å². The molecule has 0 fully saturated rings. The molecule has 0 unspecified atom stereocenters. The minimum atomic E-state index is -1.83. The summed E-state index contributed by atoms with van der Waals surface area (Å²) in [6, 6.07) is 34.0. The molecule has 0 spiro atoms. The van der Waals surface area contributed by atoms with Crippen LogP contribution in [-0.4, -0.2) is 51.7 Å². The lowest BCUT2D eigenvalue weighted by atomic mass is 9.83. The monoisotopic (exact) mass is 656 g/mol. The number of hydrazone groups is 1. The van der Waals surface area contributed by atoms with Crippen LogP contribution in [-0.2, 0) is 33.1 Å². The summed E-state index contributed by atoms with van der Waals surface area (Å²) in [7, 11) is 0. The van der Waals surface area contributed by atoms with Gasteiger partial charge in [0.05, 0.1) is 30.2 Å². The molecule has 9 nitrogen and oxygen atoms in total. The van der Waals surface area contributed by atoms with Gasteiger partial charge in [-0.3, -0.25) is 14.4 Å². The van der Waals surface area contributed by atoms with Gasteiger partial charge in [0.15, 0.2) is 5.60 Å². The second-order valence-corrected chi connectivity index (χ2v) is 12.4. The molecular weight excluding hydrogens is 616 g/mol. The van der Waals surface area contributed by atoms with Crippen molar-refractivity contribution in [2.24, 2.45) is 11.0 Å². The summed E-state index contributed by atoms with van der Waals surface area (Å²) in [5.74, 6) is -1.33. The summed E-state index contributed by atoms with van der Waals surface area (Å²) in [6.07, 6.45) is 4.41. The molecule has 0 aliphatic carbocycles. The highest BCUT2D eigenvalue weighted by atomic mass is 16.3. The van der Waals surface area contributed by atoms with Crippen molar-refractivity contribution >= 4 is 34.8 Å². The zero-order valence-corrected chi connectivity index (χ0v) is 27.5. The summed E-state index contributed by atoms with van der Waals surface area (Å²) >= 11 is 0. The van der Waals surface area contributed by atoms with E-state index in [2.05, 4.69) is 5.10 Å². The van der Waals surface area contributed by atoms with Crippen molar-refractivity contribution in [3.8, 4) is 0 Å². The maximum atomic E-state index is 14.0. The van der Waals surface area contributed by atoms with Crippen LogP contribution in [0.2, 0.25) is 0 Å². The standard InChI is InChI=1S/C40H40N4O5/c1-29(11-10-18-37(46)42(25-26-45)27-30-12-4-2-5-13-30)40(49)34-16-8-9-17-36(34)43(39(40)48)28-31-19-21-33(22-20-31)44-38(47)24-23-35(41-44)32-14-6-3-7-15-32/h2-17,19-22,29,45,49H,18,23-28H2,1H3/b11-10+/t29-,40+/m1/s1. The minimum absolute atomic E-state index is 0.0650. The Morgan fingerprint density at radius 1 is 0.898 bits per heavy atom. The Balaban J connectivity index is 1.15. The first-order valence-electron chi connectivity index (χ1n) is 16.6. The third-order valence-electron chi connectivity index (χ3n) is 9.15. The number of aliphatic hydroxyl groups is 2. The van der Waals surface area contributed by atoms with Crippen molar-refractivity contribution in [1.29, 1.82) is 0 Å². The Morgan fingerprint density at radius 3 is 2.29 bits per heavy atom. The van der Waals surface area contributed by atoms with Gasteiger partial charge < -0.3 is 20.0 Å². The highest BCUT2D eigenvalue weighted by Gasteiger charge is 2.52. The molecule has 2 aliphatic heterocycles. The molecule has 250 valence electrons. The van der Waals surface area contributed by atoms with Crippen molar-refractivity contribution in [2.75, 3.05) is 23.1 Å². The van der Waals surface area contributed by atoms with E-state index in [1.54, 1.807) is 41.0 Å². The normalized spacial score (nSPS) is 18.1. The SMILES string of the molecule is C[C@H](/C=C/CC(=O)N(CCO)Cc1ccccc1)[C@@]1(O)C(=O)N(Cc2ccc(N3N=C(c4ccccc4)CCC3=O)cc2)c2ccccc21. The number of para-hydroxylation sites is 1. The van der Waals surface area contributed by atoms with Crippen LogP contribution in [0.25, 0.3) is 0 Å². The average molecular weight is 657 g/mol. The van der Waals surface area contributed by atoms with Gasteiger partial charge in [-0.2, -0.15) is 5.10 Å². The smallest absolute Gasteiger partial charge is 0.264 e. The molecule has 6 rings (SSSR count). The van der Waals surface area contributed by atoms with E-state index >= 15 is 0 Å². The van der Waals surface area contributed by atoms with Crippen LogP contribution in [0.5, 0.6) is 0 Å². The maximum Gasteiger partial charge on any atom is 0.264 e. The number of fused-ring (bicyclic) bond motifs is 1. The van der Waals surface area contributed by atoms with Gasteiger partial charge in [0.1, 0.15) is 0 Å². The number of hydrogen-bond donors (Lipinski definition) is 2. The van der Waals surface area contributed by atoms with Crippen molar-refractivity contribution < 1.29 is 24.6 Å². The van der Waals surface area contributed by atoms with E-state index in [0.717, 1.165) is 22.4 Å². The van der Waals surface area contributed by atoms with E-state index in [1.807, 2.05) is 97.1 Å². The molecular formula is C40H40N4O5. The number of amides is 3. The van der Waals surface area contributed by atoms with Crippen LogP contribution in [0.3, 0.4) is 0 Å². The number of rotatable bonds is 12. The molecule has 4 aromatic rings. The molecule has 2 heterocycles. The second-order valence-electron chi connectivity index (χ2n) is 12.4. The Bertz CT molecular complexity index is 1860. The molecule has 4 aromatic carbocycles. The third-order valence-corrected chi connectivity index (χ3v) is 9.15. The summed E-state index contributed by atoms with van der Waals surface area (Å²) in [5.41, 5.74) is 3.56. The fourth-order valence-electron chi connectivity index (χ4n) is 6.43. The van der Waals surface area contributed by atoms with Gasteiger partial charge in [0.2, 0.25) is 11.8 Å². The fraction of sp³-hybridized carbons (Fsp3) is 0.250. The Hall–Kier alpha value is -5.38. The van der Waals surface area contributed by atoms with Gasteiger partial charge in [0, 0.05) is 43.8 Å². The summed E-state index contributed by atoms with van der Waals surface area (Å²) < 4.78 is 0. The fourth-order valence-corrected chi connectivity index (χ4v) is 6.43. The van der Waals surface area contributed by atoms with E-state index in [9.17, 15) is 24.6 Å². The van der Waals surface area contributed by atoms with Gasteiger partial charge in [0.25, 0.3) is 5.91 Å². The van der Waals surface area contributed by atoms with Crippen LogP contribution in [0, 0.1) is 5.92 Å². The van der Waals surface area contributed by atoms with Crippen LogP contribution >= 0.6 is 0 Å². The van der Waals surface area contributed by atoms with Crippen molar-refractivity contribution in [3.63, 3.8) is 0 Å². The van der Waals surface area contributed by atoms with Gasteiger partial charge >= 0.3 is 0 Å². The first-order valence-corrected chi connectivity index (χ1v) is 16.6. The third kappa shape index (κ3) is 7.09. The Morgan fingerprint density at radius 2 is 1.57 bits per heavy atom. The molecule has 3 amide bonds.